The van der Waals surface area contributed by atoms with Crippen LogP contribution in [-0.2, 0) is 11.2 Å². The van der Waals surface area contributed by atoms with E-state index in [1.165, 1.54) is 6.07 Å². The minimum Gasteiger partial charge on any atom is -0.472 e. The van der Waals surface area contributed by atoms with E-state index >= 15 is 0 Å². The van der Waals surface area contributed by atoms with Crippen LogP contribution in [0.5, 0.6) is 5.88 Å². The van der Waals surface area contributed by atoms with Gasteiger partial charge in [-0.05, 0) is 43.0 Å². The Morgan fingerprint density at radius 2 is 2.21 bits per heavy atom. The first-order valence-corrected chi connectivity index (χ1v) is 7.90. The van der Waals surface area contributed by atoms with Crippen molar-refractivity contribution in [3.63, 3.8) is 0 Å². The van der Waals surface area contributed by atoms with Crippen molar-refractivity contribution in [2.45, 2.75) is 25.9 Å². The molecule has 0 amide bonds. The van der Waals surface area contributed by atoms with E-state index < -0.39 is 0 Å². The highest BCUT2D eigenvalue weighted by atomic mass is 19.1. The van der Waals surface area contributed by atoms with Crippen LogP contribution in [-0.4, -0.2) is 24.8 Å². The van der Waals surface area contributed by atoms with Crippen LogP contribution in [0.2, 0.25) is 0 Å². The largest absolute Gasteiger partial charge is 0.472 e. The van der Waals surface area contributed by atoms with E-state index in [1.807, 2.05) is 13.0 Å². The van der Waals surface area contributed by atoms with Gasteiger partial charge in [-0.1, -0.05) is 18.7 Å². The van der Waals surface area contributed by atoms with Gasteiger partial charge in [0.2, 0.25) is 5.88 Å². The molecule has 24 heavy (non-hydrogen) atoms. The van der Waals surface area contributed by atoms with E-state index in [-0.39, 0.29) is 11.9 Å². The number of pyridine rings is 1. The molecule has 0 fully saturated rings. The number of halogens is 1. The van der Waals surface area contributed by atoms with Gasteiger partial charge in [-0.3, -0.25) is 0 Å². The molecule has 3 rings (SSSR count). The molecule has 126 valence electrons. The number of benzene rings is 1. The summed E-state index contributed by atoms with van der Waals surface area (Å²) in [6.07, 6.45) is 1.48. The molecule has 0 saturated carbocycles. The van der Waals surface area contributed by atoms with E-state index in [1.54, 1.807) is 19.2 Å². The smallest absolute Gasteiger partial charge is 0.218 e. The van der Waals surface area contributed by atoms with Crippen molar-refractivity contribution < 1.29 is 13.9 Å². The van der Waals surface area contributed by atoms with Crippen molar-refractivity contribution in [2.24, 2.45) is 5.73 Å². The van der Waals surface area contributed by atoms with Crippen molar-refractivity contribution in [1.29, 1.82) is 0 Å². The third-order valence-corrected chi connectivity index (χ3v) is 4.18. The van der Waals surface area contributed by atoms with Crippen LogP contribution in [0, 0.1) is 12.7 Å². The van der Waals surface area contributed by atoms with Gasteiger partial charge in [-0.15, -0.1) is 0 Å². The predicted octanol–water partition coefficient (Wildman–Crippen LogP) is 3.47. The number of nitrogens with zero attached hydrogens (tertiary/aromatic N) is 1. The number of ether oxygens (including phenoxy) is 2. The molecule has 1 aromatic carbocycles. The van der Waals surface area contributed by atoms with E-state index in [0.29, 0.717) is 29.4 Å². The number of rotatable bonds is 4. The molecule has 0 aliphatic carbocycles. The molecule has 1 aromatic heterocycles. The van der Waals surface area contributed by atoms with Crippen molar-refractivity contribution in [2.75, 3.05) is 13.7 Å². The van der Waals surface area contributed by atoms with Crippen LogP contribution < -0.4 is 10.5 Å². The second-order valence-electron chi connectivity index (χ2n) is 6.08. The average Bonchev–Trinajstić information content (AvgIpc) is 2.54. The number of hydrogen-bond acceptors (Lipinski definition) is 4. The summed E-state index contributed by atoms with van der Waals surface area (Å²) in [5.74, 6) is 0.221. The van der Waals surface area contributed by atoms with Gasteiger partial charge in [0.1, 0.15) is 11.9 Å². The maximum absolute atomic E-state index is 14.5. The van der Waals surface area contributed by atoms with Crippen molar-refractivity contribution >= 4 is 5.70 Å². The van der Waals surface area contributed by atoms with Gasteiger partial charge in [0.05, 0.1) is 18.0 Å². The van der Waals surface area contributed by atoms with Crippen molar-refractivity contribution in [1.82, 2.24) is 4.98 Å². The first kappa shape index (κ1) is 16.5. The molecular weight excluding hydrogens is 307 g/mol. The molecule has 0 spiro atoms. The van der Waals surface area contributed by atoms with Crippen LogP contribution in [0.15, 0.2) is 30.8 Å². The van der Waals surface area contributed by atoms with Crippen LogP contribution in [0.3, 0.4) is 0 Å². The second-order valence-corrected chi connectivity index (χ2v) is 6.08. The minimum atomic E-state index is -0.268. The third kappa shape index (κ3) is 3.12. The van der Waals surface area contributed by atoms with E-state index in [9.17, 15) is 4.39 Å². The topological polar surface area (TPSA) is 57.4 Å². The molecule has 2 heterocycles. The fourth-order valence-corrected chi connectivity index (χ4v) is 2.96. The average molecular weight is 328 g/mol. The fraction of sp³-hybridized carbons (Fsp3) is 0.316. The van der Waals surface area contributed by atoms with Gasteiger partial charge in [-0.2, -0.15) is 0 Å². The van der Waals surface area contributed by atoms with Crippen LogP contribution in [0.1, 0.15) is 23.2 Å². The van der Waals surface area contributed by atoms with Crippen molar-refractivity contribution in [3.8, 4) is 17.0 Å². The Balaban J connectivity index is 2.13. The highest BCUT2D eigenvalue weighted by Gasteiger charge is 2.26. The van der Waals surface area contributed by atoms with Gasteiger partial charge < -0.3 is 15.2 Å². The lowest BCUT2D eigenvalue weighted by Gasteiger charge is -2.27. The molecule has 0 radical (unpaired) electrons. The van der Waals surface area contributed by atoms with Gasteiger partial charge >= 0.3 is 0 Å². The molecule has 5 heteroatoms. The zero-order valence-corrected chi connectivity index (χ0v) is 13.9. The van der Waals surface area contributed by atoms with Gasteiger partial charge in [0, 0.05) is 18.2 Å². The standard InChI is InChI=1S/C19H21FN2O2/c1-11-4-6-14(17(20)8-11)16-9-18(12(2)21)22-19-15(16)7-5-13(24-19)10-23-3/h4,6,8-9,13H,2,5,7,10,21H2,1,3H3/t13-/m0/s1. The second kappa shape index (κ2) is 6.61. The predicted molar refractivity (Wildman–Crippen MR) is 92.2 cm³/mol. The summed E-state index contributed by atoms with van der Waals surface area (Å²) in [7, 11) is 1.64. The van der Waals surface area contributed by atoms with Gasteiger partial charge in [0.15, 0.2) is 0 Å². The molecule has 0 unspecified atom stereocenters. The van der Waals surface area contributed by atoms with Crippen molar-refractivity contribution in [3.05, 3.63) is 53.5 Å². The summed E-state index contributed by atoms with van der Waals surface area (Å²) in [5, 5.41) is 0. The Morgan fingerprint density at radius 3 is 2.88 bits per heavy atom. The Kier molecular flexibility index (Phi) is 4.53. The van der Waals surface area contributed by atoms with Crippen LogP contribution in [0.4, 0.5) is 4.39 Å². The normalized spacial score (nSPS) is 16.4. The Labute approximate surface area is 141 Å². The lowest BCUT2D eigenvalue weighted by molar-refractivity contribution is 0.0642. The monoisotopic (exact) mass is 328 g/mol. The molecular formula is C19H21FN2O2. The van der Waals surface area contributed by atoms with Crippen LogP contribution in [0.25, 0.3) is 16.8 Å². The minimum absolute atomic E-state index is 0.0630. The Hall–Kier alpha value is -2.40. The summed E-state index contributed by atoms with van der Waals surface area (Å²) in [5.41, 5.74) is 9.70. The van der Waals surface area contributed by atoms with E-state index in [4.69, 9.17) is 15.2 Å². The lowest BCUT2D eigenvalue weighted by Crippen LogP contribution is -2.28. The molecule has 4 nitrogen and oxygen atoms in total. The first-order valence-electron chi connectivity index (χ1n) is 7.90. The summed E-state index contributed by atoms with van der Waals surface area (Å²) in [6.45, 7) is 6.09. The quantitative estimate of drug-likeness (QED) is 0.934. The SMILES string of the molecule is C=C(N)c1cc(-c2ccc(C)cc2F)c2c(n1)O[C@H](COC)CC2. The molecule has 1 atom stereocenters. The number of methoxy groups -OCH3 is 1. The summed E-state index contributed by atoms with van der Waals surface area (Å²) in [4.78, 5) is 4.45. The molecule has 0 bridgehead atoms. The maximum atomic E-state index is 14.5. The molecule has 1 aliphatic heterocycles. The van der Waals surface area contributed by atoms with E-state index in [2.05, 4.69) is 11.6 Å². The fourth-order valence-electron chi connectivity index (χ4n) is 2.96. The molecule has 2 aromatic rings. The number of nitrogens with two attached hydrogens (primary N) is 1. The lowest BCUT2D eigenvalue weighted by atomic mass is 9.93. The maximum Gasteiger partial charge on any atom is 0.218 e. The Morgan fingerprint density at radius 1 is 1.42 bits per heavy atom. The summed E-state index contributed by atoms with van der Waals surface area (Å²) >= 11 is 0. The molecule has 0 saturated heterocycles. The van der Waals surface area contributed by atoms with Gasteiger partial charge in [-0.25, -0.2) is 9.37 Å². The highest BCUT2D eigenvalue weighted by Crippen LogP contribution is 2.37. The van der Waals surface area contributed by atoms with Crippen LogP contribution >= 0.6 is 0 Å². The number of aryl methyl sites for hydroxylation is 1. The number of fused-ring (bicyclic) bond motifs is 1. The zero-order valence-electron chi connectivity index (χ0n) is 13.9. The summed E-state index contributed by atoms with van der Waals surface area (Å²) < 4.78 is 25.6. The highest BCUT2D eigenvalue weighted by molar-refractivity contribution is 5.74. The van der Waals surface area contributed by atoms with E-state index in [0.717, 1.165) is 29.5 Å². The zero-order chi connectivity index (χ0) is 17.3. The van der Waals surface area contributed by atoms with Gasteiger partial charge in [0.25, 0.3) is 0 Å². The molecule has 2 N–H and O–H groups in total. The summed E-state index contributed by atoms with van der Waals surface area (Å²) in [6, 6.07) is 6.98. The first-order chi connectivity index (χ1) is 11.5. The molecule has 1 aliphatic rings. The Bertz CT molecular complexity index is 789. The third-order valence-electron chi connectivity index (χ3n) is 4.18. The number of aromatic nitrogens is 1. The number of hydrogen-bond donors (Lipinski definition) is 1.